The second kappa shape index (κ2) is 5.21. The van der Waals surface area contributed by atoms with Crippen molar-refractivity contribution in [3.63, 3.8) is 0 Å². The molecule has 0 amide bonds. The lowest BCUT2D eigenvalue weighted by Crippen LogP contribution is -2.23. The molecular weight excluding hydrogens is 244 g/mol. The van der Waals surface area contributed by atoms with Gasteiger partial charge in [-0.25, -0.2) is 0 Å². The van der Waals surface area contributed by atoms with E-state index in [2.05, 4.69) is 6.07 Å². The molecule has 2 rings (SSSR count). The van der Waals surface area contributed by atoms with Gasteiger partial charge in [-0.1, -0.05) is 18.2 Å². The molecule has 0 aliphatic carbocycles. The van der Waals surface area contributed by atoms with Gasteiger partial charge in [-0.15, -0.1) is 11.3 Å². The van der Waals surface area contributed by atoms with Crippen LogP contribution in [0.1, 0.15) is 37.0 Å². The summed E-state index contributed by atoms with van der Waals surface area (Å²) in [6.07, 6.45) is 1.27. The summed E-state index contributed by atoms with van der Waals surface area (Å²) >= 11 is 1.63. The predicted octanol–water partition coefficient (Wildman–Crippen LogP) is 4.29. The van der Waals surface area contributed by atoms with Crippen LogP contribution in [-0.2, 0) is 4.74 Å². The number of fused-ring (bicyclic) bond motifs is 1. The van der Waals surface area contributed by atoms with E-state index in [-0.39, 0.29) is 11.4 Å². The zero-order valence-electron chi connectivity index (χ0n) is 11.0. The van der Waals surface area contributed by atoms with E-state index in [0.29, 0.717) is 6.42 Å². The smallest absolute Gasteiger partial charge is 0.164 e. The molecule has 18 heavy (non-hydrogen) atoms. The first-order chi connectivity index (χ1) is 8.53. The van der Waals surface area contributed by atoms with Gasteiger partial charge in [0.15, 0.2) is 5.78 Å². The highest BCUT2D eigenvalue weighted by Gasteiger charge is 2.19. The molecule has 0 spiro atoms. The summed E-state index contributed by atoms with van der Waals surface area (Å²) in [6.45, 7) is 4.01. The molecule has 1 aromatic heterocycles. The van der Waals surface area contributed by atoms with E-state index in [1.54, 1.807) is 18.4 Å². The number of carbonyl (C=O) groups excluding carboxylic acids is 1. The van der Waals surface area contributed by atoms with E-state index >= 15 is 0 Å². The molecule has 0 unspecified atom stereocenters. The molecule has 2 aromatic rings. The Balaban J connectivity index is 2.14. The summed E-state index contributed by atoms with van der Waals surface area (Å²) in [5.74, 6) is 0.206. The van der Waals surface area contributed by atoms with Gasteiger partial charge >= 0.3 is 0 Å². The Morgan fingerprint density at radius 3 is 2.78 bits per heavy atom. The number of carbonyl (C=O) groups is 1. The summed E-state index contributed by atoms with van der Waals surface area (Å²) in [7, 11) is 1.68. The first-order valence-electron chi connectivity index (χ1n) is 6.08. The maximum atomic E-state index is 12.2. The lowest BCUT2D eigenvalue weighted by molar-refractivity contribution is 0.0142. The van der Waals surface area contributed by atoms with Gasteiger partial charge in [0, 0.05) is 34.6 Å². The molecule has 0 radical (unpaired) electrons. The molecule has 0 saturated carbocycles. The number of thiophene rings is 1. The zero-order valence-corrected chi connectivity index (χ0v) is 11.8. The van der Waals surface area contributed by atoms with Gasteiger partial charge in [-0.05, 0) is 26.3 Å². The van der Waals surface area contributed by atoms with Crippen LogP contribution in [0.25, 0.3) is 10.1 Å². The minimum absolute atomic E-state index is 0.206. The Kier molecular flexibility index (Phi) is 3.83. The average molecular weight is 262 g/mol. The number of ketones is 1. The van der Waals surface area contributed by atoms with Crippen LogP contribution >= 0.6 is 11.3 Å². The van der Waals surface area contributed by atoms with Crippen LogP contribution in [0, 0.1) is 0 Å². The minimum atomic E-state index is -0.235. The summed E-state index contributed by atoms with van der Waals surface area (Å²) in [5, 5.41) is 3.04. The van der Waals surface area contributed by atoms with Crippen LogP contribution < -0.4 is 0 Å². The Labute approximate surface area is 112 Å². The SMILES string of the molecule is COC(C)(C)CCC(=O)c1csc2ccccc12. The highest BCUT2D eigenvalue weighted by atomic mass is 32.1. The van der Waals surface area contributed by atoms with Gasteiger partial charge in [-0.2, -0.15) is 0 Å². The van der Waals surface area contributed by atoms with Gasteiger partial charge in [0.05, 0.1) is 5.60 Å². The number of methoxy groups -OCH3 is 1. The molecule has 0 N–H and O–H groups in total. The Bertz CT molecular complexity index is 554. The first-order valence-corrected chi connectivity index (χ1v) is 6.96. The molecule has 0 aliphatic rings. The molecule has 0 atom stereocenters. The standard InChI is InChI=1S/C15H18O2S/c1-15(2,17-3)9-8-13(16)12-10-18-14-7-5-4-6-11(12)14/h4-7,10H,8-9H2,1-3H3. The largest absolute Gasteiger partial charge is 0.379 e. The van der Waals surface area contributed by atoms with Gasteiger partial charge in [0.2, 0.25) is 0 Å². The van der Waals surface area contributed by atoms with Crippen molar-refractivity contribution >= 4 is 27.2 Å². The fourth-order valence-corrected chi connectivity index (χ4v) is 2.81. The number of hydrogen-bond acceptors (Lipinski definition) is 3. The van der Waals surface area contributed by atoms with Crippen molar-refractivity contribution in [1.29, 1.82) is 0 Å². The maximum absolute atomic E-state index is 12.2. The quantitative estimate of drug-likeness (QED) is 0.751. The van der Waals surface area contributed by atoms with Crippen molar-refractivity contribution < 1.29 is 9.53 Å². The molecule has 1 heterocycles. The van der Waals surface area contributed by atoms with Crippen molar-refractivity contribution in [3.8, 4) is 0 Å². The van der Waals surface area contributed by atoms with Crippen LogP contribution in [0.4, 0.5) is 0 Å². The van der Waals surface area contributed by atoms with E-state index in [1.165, 1.54) is 4.70 Å². The summed E-state index contributed by atoms with van der Waals surface area (Å²) in [5.41, 5.74) is 0.615. The Morgan fingerprint density at radius 1 is 1.33 bits per heavy atom. The monoisotopic (exact) mass is 262 g/mol. The zero-order chi connectivity index (χ0) is 13.2. The van der Waals surface area contributed by atoms with Crippen molar-refractivity contribution in [3.05, 3.63) is 35.2 Å². The molecule has 0 aliphatic heterocycles. The molecular formula is C15H18O2S. The van der Waals surface area contributed by atoms with Gasteiger partial charge in [-0.3, -0.25) is 4.79 Å². The summed E-state index contributed by atoms with van der Waals surface area (Å²) < 4.78 is 6.52. The third kappa shape index (κ3) is 2.79. The third-order valence-corrected chi connectivity index (χ3v) is 4.25. The molecule has 1 aromatic carbocycles. The molecule has 96 valence electrons. The van der Waals surface area contributed by atoms with Gasteiger partial charge in [0.1, 0.15) is 0 Å². The van der Waals surface area contributed by atoms with Crippen LogP contribution in [-0.4, -0.2) is 18.5 Å². The average Bonchev–Trinajstić information content (AvgIpc) is 2.80. The van der Waals surface area contributed by atoms with Crippen molar-refractivity contribution in [2.24, 2.45) is 0 Å². The van der Waals surface area contributed by atoms with Crippen molar-refractivity contribution in [2.45, 2.75) is 32.3 Å². The van der Waals surface area contributed by atoms with E-state index < -0.39 is 0 Å². The number of hydrogen-bond donors (Lipinski definition) is 0. The third-order valence-electron chi connectivity index (χ3n) is 3.29. The van der Waals surface area contributed by atoms with Crippen molar-refractivity contribution in [1.82, 2.24) is 0 Å². The van der Waals surface area contributed by atoms with Gasteiger partial charge in [0.25, 0.3) is 0 Å². The van der Waals surface area contributed by atoms with Crippen molar-refractivity contribution in [2.75, 3.05) is 7.11 Å². The normalized spacial score (nSPS) is 11.9. The highest BCUT2D eigenvalue weighted by molar-refractivity contribution is 7.17. The van der Waals surface area contributed by atoms with Crippen LogP contribution in [0.2, 0.25) is 0 Å². The Hall–Kier alpha value is -1.19. The number of benzene rings is 1. The lowest BCUT2D eigenvalue weighted by Gasteiger charge is -2.22. The van der Waals surface area contributed by atoms with Crippen LogP contribution in [0.3, 0.4) is 0 Å². The predicted molar refractivity (Wildman–Crippen MR) is 76.5 cm³/mol. The molecule has 2 nitrogen and oxygen atoms in total. The summed E-state index contributed by atoms with van der Waals surface area (Å²) in [4.78, 5) is 12.2. The summed E-state index contributed by atoms with van der Waals surface area (Å²) in [6, 6.07) is 8.04. The molecule has 3 heteroatoms. The van der Waals surface area contributed by atoms with E-state index in [4.69, 9.17) is 4.74 Å². The number of rotatable bonds is 5. The van der Waals surface area contributed by atoms with E-state index in [1.807, 2.05) is 37.4 Å². The fraction of sp³-hybridized carbons (Fsp3) is 0.400. The molecule has 0 fully saturated rings. The maximum Gasteiger partial charge on any atom is 0.164 e. The lowest BCUT2D eigenvalue weighted by atomic mass is 9.97. The van der Waals surface area contributed by atoms with Crippen LogP contribution in [0.15, 0.2) is 29.6 Å². The van der Waals surface area contributed by atoms with Gasteiger partial charge < -0.3 is 4.74 Å². The van der Waals surface area contributed by atoms with E-state index in [0.717, 1.165) is 17.4 Å². The topological polar surface area (TPSA) is 26.3 Å². The molecule has 0 bridgehead atoms. The second-order valence-electron chi connectivity index (χ2n) is 5.03. The number of Topliss-reactive ketones (excluding diaryl/α,β-unsaturated/α-hetero) is 1. The van der Waals surface area contributed by atoms with E-state index in [9.17, 15) is 4.79 Å². The fourth-order valence-electron chi connectivity index (χ4n) is 1.85. The highest BCUT2D eigenvalue weighted by Crippen LogP contribution is 2.27. The number of ether oxygens (including phenoxy) is 1. The Morgan fingerprint density at radius 2 is 2.06 bits per heavy atom. The minimum Gasteiger partial charge on any atom is -0.379 e. The van der Waals surface area contributed by atoms with Crippen LogP contribution in [0.5, 0.6) is 0 Å². The molecule has 0 saturated heterocycles. The second-order valence-corrected chi connectivity index (χ2v) is 5.94. The first kappa shape index (κ1) is 13.2.